The maximum Gasteiger partial charge on any atom is 0.115 e. The van der Waals surface area contributed by atoms with Gasteiger partial charge in [-0.1, -0.05) is 0 Å². The van der Waals surface area contributed by atoms with Crippen molar-refractivity contribution in [1.82, 2.24) is 0 Å². The Bertz CT molecular complexity index is 360. The van der Waals surface area contributed by atoms with E-state index in [0.717, 1.165) is 0 Å². The van der Waals surface area contributed by atoms with Crippen molar-refractivity contribution < 1.29 is 52.1 Å². The number of ether oxygens (including phenoxy) is 1. The van der Waals surface area contributed by atoms with Crippen LogP contribution in [-0.2, 0) is 4.74 Å². The molecule has 0 radical (unpaired) electrons. The molecule has 9 atom stereocenters. The van der Waals surface area contributed by atoms with Gasteiger partial charge in [0, 0.05) is 0 Å². The molecule has 1 heterocycles. The average Bonchev–Trinajstić information content (AvgIpc) is 2.76. The number of aliphatic hydroxyl groups excluding tert-OH is 9. The first-order valence-electron chi connectivity index (χ1n) is 6.77. The molecule has 1 aliphatic heterocycles. The Morgan fingerprint density at radius 1 is 0.905 bits per heavy atom. The van der Waals surface area contributed by atoms with Crippen LogP contribution in [0.4, 0.5) is 0 Å². The van der Waals surface area contributed by atoms with Crippen LogP contribution in [-0.4, -0.2) is 114 Å². The highest BCUT2D eigenvalue weighted by Gasteiger charge is 2.51. The molecule has 0 bridgehead atoms. The maximum atomic E-state index is 9.92. The minimum Gasteiger partial charge on any atom is -0.394 e. The summed E-state index contributed by atoms with van der Waals surface area (Å²) in [7, 11) is 0. The van der Waals surface area contributed by atoms with Crippen molar-refractivity contribution in [2.24, 2.45) is 0 Å². The summed E-state index contributed by atoms with van der Waals surface area (Å²) in [5, 5.41) is 84.8. The molecular weight excluding hydrogens is 292 g/mol. The van der Waals surface area contributed by atoms with Crippen LogP contribution in [0, 0.1) is 0 Å². The van der Waals surface area contributed by atoms with Crippen molar-refractivity contribution in [3.8, 4) is 0 Å². The summed E-state index contributed by atoms with van der Waals surface area (Å²) in [5.41, 5.74) is 0. The largest absolute Gasteiger partial charge is 0.394 e. The molecule has 0 amide bonds. The molecule has 0 spiro atoms. The van der Waals surface area contributed by atoms with Gasteiger partial charge in [0.1, 0.15) is 54.9 Å². The fraction of sp³-hybridized carbons (Fsp3) is 1.00. The van der Waals surface area contributed by atoms with Crippen LogP contribution in [0.15, 0.2) is 0 Å². The van der Waals surface area contributed by atoms with Crippen molar-refractivity contribution in [1.29, 1.82) is 0 Å². The minimum absolute atomic E-state index is 0.852. The molecule has 21 heavy (non-hydrogen) atoms. The second kappa shape index (κ2) is 7.74. The van der Waals surface area contributed by atoms with Crippen LogP contribution < -0.4 is 0 Å². The van der Waals surface area contributed by atoms with Gasteiger partial charge in [-0.3, -0.25) is 0 Å². The molecule has 1 fully saturated rings. The van der Waals surface area contributed by atoms with E-state index in [-0.39, 0.29) is 0 Å². The van der Waals surface area contributed by atoms with Gasteiger partial charge in [0.05, 0.1) is 14.6 Å². The van der Waals surface area contributed by atoms with E-state index >= 15 is 0 Å². The van der Waals surface area contributed by atoms with Crippen LogP contribution in [0.3, 0.4) is 0 Å². The van der Waals surface area contributed by atoms with Crippen molar-refractivity contribution in [3.05, 3.63) is 0 Å². The predicted molar refractivity (Wildman–Crippen MR) is 64.9 cm³/mol. The average molecular weight is 315 g/mol. The smallest absolute Gasteiger partial charge is 0.115 e. The molecule has 1 rings (SSSR count). The molecule has 0 aromatic heterocycles. The lowest BCUT2D eigenvalue weighted by atomic mass is 9.95. The monoisotopic (exact) mass is 315 g/mol. The summed E-state index contributed by atoms with van der Waals surface area (Å²) in [6.45, 7) is -1.79. The van der Waals surface area contributed by atoms with Gasteiger partial charge in [-0.15, -0.1) is 0 Å². The van der Waals surface area contributed by atoms with Gasteiger partial charge < -0.3 is 50.7 Å². The normalized spacial score (nSPS) is 41.2. The molecule has 1 saturated heterocycles. The molecular formula is C11H22O10. The molecule has 0 aromatic carbocycles. The van der Waals surface area contributed by atoms with Crippen LogP contribution in [0.2, 0.25) is 0 Å². The van der Waals surface area contributed by atoms with E-state index in [0.29, 0.717) is 0 Å². The van der Waals surface area contributed by atoms with Gasteiger partial charge in [-0.2, -0.15) is 0 Å². The summed E-state index contributed by atoms with van der Waals surface area (Å²) < 4.78 is 12.7. The highest BCUT2D eigenvalue weighted by Crippen LogP contribution is 2.27. The molecule has 0 saturated carbocycles. The zero-order valence-corrected chi connectivity index (χ0v) is 11.0. The van der Waals surface area contributed by atoms with Gasteiger partial charge in [0.2, 0.25) is 0 Å². The number of rotatable bonds is 7. The topological polar surface area (TPSA) is 191 Å². The molecule has 126 valence electrons. The quantitative estimate of drug-likeness (QED) is 0.219. The summed E-state index contributed by atoms with van der Waals surface area (Å²) in [4.78, 5) is 0. The van der Waals surface area contributed by atoms with E-state index in [2.05, 4.69) is 0 Å². The molecule has 9 N–H and O–H groups in total. The third-order valence-electron chi connectivity index (χ3n) is 3.34. The summed E-state index contributed by atoms with van der Waals surface area (Å²) in [5.74, 6) is 0. The maximum absolute atomic E-state index is 9.92. The van der Waals surface area contributed by atoms with Crippen molar-refractivity contribution in [2.75, 3.05) is 13.2 Å². The molecule has 10 heteroatoms. The Kier molecular flexibility index (Phi) is 6.25. The van der Waals surface area contributed by atoms with Gasteiger partial charge in [0.15, 0.2) is 0 Å². The predicted octanol–water partition coefficient (Wildman–Crippen LogP) is -5.74. The highest BCUT2D eigenvalue weighted by atomic mass is 16.6. The van der Waals surface area contributed by atoms with E-state index in [1.807, 2.05) is 0 Å². The second-order valence-corrected chi connectivity index (χ2v) is 4.85. The van der Waals surface area contributed by atoms with Crippen LogP contribution in [0.5, 0.6) is 0 Å². The Balaban J connectivity index is 2.93. The Labute approximate surface area is 121 Å². The first kappa shape index (κ1) is 17.0. The molecule has 1 aliphatic rings. The lowest BCUT2D eigenvalue weighted by Gasteiger charge is -2.30. The molecule has 1 unspecified atom stereocenters. The summed E-state index contributed by atoms with van der Waals surface area (Å²) >= 11 is 0. The molecule has 0 aromatic rings. The molecule has 10 nitrogen and oxygen atoms in total. The number of aliphatic hydroxyl groups is 9. The fourth-order valence-electron chi connectivity index (χ4n) is 1.99. The van der Waals surface area contributed by atoms with E-state index in [4.69, 9.17) is 16.3 Å². The Morgan fingerprint density at radius 3 is 1.95 bits per heavy atom. The summed E-state index contributed by atoms with van der Waals surface area (Å²) in [6.07, 6.45) is -18.3. The minimum atomic E-state index is -2.74. The zero-order valence-electron chi connectivity index (χ0n) is 12.0. The first-order chi connectivity index (χ1) is 10.1. The Morgan fingerprint density at radius 2 is 1.48 bits per heavy atom. The summed E-state index contributed by atoms with van der Waals surface area (Å²) in [6, 6.07) is 0. The van der Waals surface area contributed by atoms with E-state index in [1.165, 1.54) is 0 Å². The van der Waals surface area contributed by atoms with Gasteiger partial charge in [-0.05, 0) is 0 Å². The number of hydrogen-bond acceptors (Lipinski definition) is 10. The van der Waals surface area contributed by atoms with Gasteiger partial charge in [-0.25, -0.2) is 0 Å². The van der Waals surface area contributed by atoms with Gasteiger partial charge >= 0.3 is 0 Å². The van der Waals surface area contributed by atoms with Crippen LogP contribution in [0.1, 0.15) is 1.37 Å². The lowest BCUT2D eigenvalue weighted by molar-refractivity contribution is -0.166. The third kappa shape index (κ3) is 3.87. The standard InChI is InChI=1S/C11H22O10/c12-1-3(14)5(16)6(17)7(18)11-9(20)8(19)10(21-11)4(15)2-13/h3-20H,1-2H2/t3-,4-,5-,6+,7?,8-,9-,10+,11+/m1/s1/i11D. The van der Waals surface area contributed by atoms with E-state index < -0.39 is 68.1 Å². The zero-order chi connectivity index (χ0) is 17.2. The van der Waals surface area contributed by atoms with Crippen molar-refractivity contribution >= 4 is 0 Å². The Hall–Kier alpha value is -0.400. The van der Waals surface area contributed by atoms with Crippen LogP contribution >= 0.6 is 0 Å². The lowest BCUT2D eigenvalue weighted by Crippen LogP contribution is -2.52. The van der Waals surface area contributed by atoms with Crippen molar-refractivity contribution in [2.45, 2.75) is 54.9 Å². The fourth-order valence-corrected chi connectivity index (χ4v) is 1.99. The van der Waals surface area contributed by atoms with E-state index in [1.54, 1.807) is 0 Å². The van der Waals surface area contributed by atoms with E-state index in [9.17, 15) is 35.7 Å². The van der Waals surface area contributed by atoms with Crippen LogP contribution in [0.25, 0.3) is 0 Å². The number of hydrogen-bond donors (Lipinski definition) is 9. The first-order valence-corrected chi connectivity index (χ1v) is 6.27. The second-order valence-electron chi connectivity index (χ2n) is 4.85. The van der Waals surface area contributed by atoms with Crippen molar-refractivity contribution in [3.63, 3.8) is 0 Å². The molecule has 0 aliphatic carbocycles. The third-order valence-corrected chi connectivity index (χ3v) is 3.34. The highest BCUT2D eigenvalue weighted by molar-refractivity contribution is 4.99. The van der Waals surface area contributed by atoms with Gasteiger partial charge in [0.25, 0.3) is 0 Å². The SMILES string of the molecule is [2H][C@@]1(C(O)[C@@H](O)[C@H](O)[C@H](O)CO)O[C@@H]([C@H](O)CO)[C@H](O)[C@H]1O.